The van der Waals surface area contributed by atoms with E-state index >= 15 is 0 Å². The Kier molecular flexibility index (Phi) is 7.27. The smallest absolute Gasteiger partial charge is 0.314 e. The van der Waals surface area contributed by atoms with Crippen LogP contribution in [-0.4, -0.2) is 37.3 Å². The summed E-state index contributed by atoms with van der Waals surface area (Å²) in [5.74, 6) is 0. The molecule has 0 bridgehead atoms. The minimum Gasteiger partial charge on any atom is -0.314 e. The van der Waals surface area contributed by atoms with Crippen LogP contribution in [0.25, 0.3) is 0 Å². The zero-order valence-electron chi connectivity index (χ0n) is 11.5. The molecule has 2 nitrogen and oxygen atoms in total. The van der Waals surface area contributed by atoms with Gasteiger partial charge in [-0.25, -0.2) is 0 Å². The molecule has 1 heterocycles. The Balaban J connectivity index is 0.00000220. The normalized spacial score (nSPS) is 18.1. The molecule has 7 heteroatoms. The van der Waals surface area contributed by atoms with Crippen molar-refractivity contribution in [3.8, 4) is 0 Å². The van der Waals surface area contributed by atoms with E-state index in [0.29, 0.717) is 5.02 Å². The van der Waals surface area contributed by atoms with Crippen molar-refractivity contribution >= 4 is 24.0 Å². The van der Waals surface area contributed by atoms with Crippen molar-refractivity contribution in [3.05, 3.63) is 34.9 Å². The minimum atomic E-state index is -4.12. The molecule has 0 amide bonds. The van der Waals surface area contributed by atoms with Gasteiger partial charge in [0.25, 0.3) is 0 Å². The van der Waals surface area contributed by atoms with Gasteiger partial charge in [-0.1, -0.05) is 23.7 Å². The summed E-state index contributed by atoms with van der Waals surface area (Å²) in [4.78, 5) is 2.11. The summed E-state index contributed by atoms with van der Waals surface area (Å²) in [5, 5.41) is 3.78. The fraction of sp³-hybridized carbons (Fsp3) is 0.571. The van der Waals surface area contributed by atoms with Gasteiger partial charge in [0.05, 0.1) is 0 Å². The lowest BCUT2D eigenvalue weighted by atomic mass is 9.99. The zero-order valence-corrected chi connectivity index (χ0v) is 13.1. The van der Waals surface area contributed by atoms with Crippen LogP contribution in [0.2, 0.25) is 5.02 Å². The quantitative estimate of drug-likeness (QED) is 0.887. The van der Waals surface area contributed by atoms with E-state index in [1.165, 1.54) is 0 Å². The van der Waals surface area contributed by atoms with Gasteiger partial charge in [0, 0.05) is 43.7 Å². The molecular weight excluding hydrogens is 324 g/mol. The second-order valence-electron chi connectivity index (χ2n) is 5.01. The lowest BCUT2D eigenvalue weighted by molar-refractivity contribution is -0.138. The Hall–Kier alpha value is -0.490. The highest BCUT2D eigenvalue weighted by Gasteiger charge is 2.31. The predicted molar refractivity (Wildman–Crippen MR) is 81.2 cm³/mol. The van der Waals surface area contributed by atoms with Crippen molar-refractivity contribution < 1.29 is 13.2 Å². The first-order chi connectivity index (χ1) is 9.46. The molecule has 0 saturated carbocycles. The summed E-state index contributed by atoms with van der Waals surface area (Å²) >= 11 is 5.96. The van der Waals surface area contributed by atoms with Crippen molar-refractivity contribution in [2.45, 2.75) is 25.1 Å². The number of hydrogen-bond donors (Lipinski definition) is 1. The SMILES string of the molecule is Cl.FC(F)(F)CC[C@@H](c1cccc(Cl)c1)N1CCNCC1. The van der Waals surface area contributed by atoms with Gasteiger partial charge in [-0.2, -0.15) is 13.2 Å². The van der Waals surface area contributed by atoms with E-state index in [-0.39, 0.29) is 24.9 Å². The average Bonchev–Trinajstić information content (AvgIpc) is 2.39. The molecule has 1 fully saturated rings. The molecule has 0 radical (unpaired) electrons. The summed E-state index contributed by atoms with van der Waals surface area (Å²) in [6.45, 7) is 3.14. The topological polar surface area (TPSA) is 15.3 Å². The number of rotatable bonds is 4. The highest BCUT2D eigenvalue weighted by atomic mass is 35.5. The molecular formula is C14H19Cl2F3N2. The first-order valence-corrected chi connectivity index (χ1v) is 7.10. The highest BCUT2D eigenvalue weighted by Crippen LogP contribution is 2.32. The lowest BCUT2D eigenvalue weighted by Gasteiger charge is -2.35. The van der Waals surface area contributed by atoms with Crippen LogP contribution in [0.4, 0.5) is 13.2 Å². The van der Waals surface area contributed by atoms with Gasteiger partial charge in [-0.15, -0.1) is 12.4 Å². The van der Waals surface area contributed by atoms with E-state index in [2.05, 4.69) is 10.2 Å². The van der Waals surface area contributed by atoms with Gasteiger partial charge in [0.1, 0.15) is 0 Å². The number of nitrogens with one attached hydrogen (secondary N) is 1. The molecule has 1 aromatic carbocycles. The molecule has 1 aliphatic heterocycles. The van der Waals surface area contributed by atoms with Crippen LogP contribution in [0.3, 0.4) is 0 Å². The van der Waals surface area contributed by atoms with Gasteiger partial charge in [-0.05, 0) is 24.1 Å². The molecule has 1 atom stereocenters. The van der Waals surface area contributed by atoms with Crippen LogP contribution in [0.1, 0.15) is 24.4 Å². The standard InChI is InChI=1S/C14H18ClF3N2.ClH/c15-12-3-1-2-11(10-12)13(4-5-14(16,17)18)20-8-6-19-7-9-20;/h1-3,10,13,19H,4-9H2;1H/t13-;/m0./s1. The Morgan fingerprint density at radius 2 is 1.90 bits per heavy atom. The number of piperazine rings is 1. The first kappa shape index (κ1) is 18.6. The number of hydrogen-bond acceptors (Lipinski definition) is 2. The van der Waals surface area contributed by atoms with Gasteiger partial charge in [0.2, 0.25) is 0 Å². The van der Waals surface area contributed by atoms with Gasteiger partial charge >= 0.3 is 6.18 Å². The maximum Gasteiger partial charge on any atom is 0.389 e. The van der Waals surface area contributed by atoms with Crippen molar-refractivity contribution in [1.29, 1.82) is 0 Å². The second kappa shape index (κ2) is 8.22. The third kappa shape index (κ3) is 6.02. The summed E-state index contributed by atoms with van der Waals surface area (Å²) < 4.78 is 37.6. The fourth-order valence-electron chi connectivity index (χ4n) is 2.57. The van der Waals surface area contributed by atoms with Crippen LogP contribution in [0, 0.1) is 0 Å². The third-order valence-electron chi connectivity index (χ3n) is 3.53. The van der Waals surface area contributed by atoms with Crippen LogP contribution in [0.5, 0.6) is 0 Å². The van der Waals surface area contributed by atoms with Crippen LogP contribution in [-0.2, 0) is 0 Å². The van der Waals surface area contributed by atoms with E-state index in [4.69, 9.17) is 11.6 Å². The summed E-state index contributed by atoms with van der Waals surface area (Å²) in [6.07, 6.45) is -4.82. The summed E-state index contributed by atoms with van der Waals surface area (Å²) in [6, 6.07) is 6.93. The molecule has 1 N–H and O–H groups in total. The average molecular weight is 343 g/mol. The van der Waals surface area contributed by atoms with Crippen molar-refractivity contribution in [2.24, 2.45) is 0 Å². The van der Waals surface area contributed by atoms with E-state index in [1.807, 2.05) is 6.07 Å². The van der Waals surface area contributed by atoms with Crippen molar-refractivity contribution in [1.82, 2.24) is 10.2 Å². The Bertz CT molecular complexity index is 434. The predicted octanol–water partition coefficient (Wildman–Crippen LogP) is 4.05. The maximum atomic E-state index is 12.5. The van der Waals surface area contributed by atoms with E-state index < -0.39 is 12.6 Å². The van der Waals surface area contributed by atoms with Crippen LogP contribution < -0.4 is 5.32 Å². The molecule has 0 unspecified atom stereocenters. The Labute approximate surface area is 134 Å². The number of nitrogens with zero attached hydrogens (tertiary/aromatic N) is 1. The van der Waals surface area contributed by atoms with Crippen LogP contribution >= 0.6 is 24.0 Å². The largest absolute Gasteiger partial charge is 0.389 e. The highest BCUT2D eigenvalue weighted by molar-refractivity contribution is 6.30. The molecule has 0 aliphatic carbocycles. The third-order valence-corrected chi connectivity index (χ3v) is 3.76. The monoisotopic (exact) mass is 342 g/mol. The Morgan fingerprint density at radius 3 is 2.48 bits per heavy atom. The molecule has 0 spiro atoms. The second-order valence-corrected chi connectivity index (χ2v) is 5.45. The van der Waals surface area contributed by atoms with E-state index in [9.17, 15) is 13.2 Å². The number of benzene rings is 1. The zero-order chi connectivity index (χ0) is 14.6. The van der Waals surface area contributed by atoms with E-state index in [1.54, 1.807) is 18.2 Å². The lowest BCUT2D eigenvalue weighted by Crippen LogP contribution is -2.45. The number of alkyl halides is 3. The molecule has 120 valence electrons. The molecule has 2 rings (SSSR count). The van der Waals surface area contributed by atoms with Gasteiger partial charge in [0.15, 0.2) is 0 Å². The molecule has 1 saturated heterocycles. The fourth-order valence-corrected chi connectivity index (χ4v) is 2.77. The summed E-state index contributed by atoms with van der Waals surface area (Å²) in [7, 11) is 0. The molecule has 1 aromatic rings. The molecule has 21 heavy (non-hydrogen) atoms. The van der Waals surface area contributed by atoms with Crippen molar-refractivity contribution in [3.63, 3.8) is 0 Å². The van der Waals surface area contributed by atoms with Gasteiger partial charge < -0.3 is 5.32 Å². The molecule has 0 aromatic heterocycles. The first-order valence-electron chi connectivity index (χ1n) is 6.73. The maximum absolute atomic E-state index is 12.5. The molecule has 1 aliphatic rings. The summed E-state index contributed by atoms with van der Waals surface area (Å²) in [5.41, 5.74) is 0.864. The van der Waals surface area contributed by atoms with Gasteiger partial charge in [-0.3, -0.25) is 4.90 Å². The Morgan fingerprint density at radius 1 is 1.24 bits per heavy atom. The van der Waals surface area contributed by atoms with Crippen molar-refractivity contribution in [2.75, 3.05) is 26.2 Å². The van der Waals surface area contributed by atoms with Crippen LogP contribution in [0.15, 0.2) is 24.3 Å². The minimum absolute atomic E-state index is 0. The number of halogens is 5. The van der Waals surface area contributed by atoms with E-state index in [0.717, 1.165) is 31.7 Å².